The quantitative estimate of drug-likeness (QED) is 0.829. The Kier molecular flexibility index (Phi) is 5.26. The topological polar surface area (TPSA) is 75.6 Å². The Morgan fingerprint density at radius 1 is 1.12 bits per heavy atom. The van der Waals surface area contributed by atoms with Crippen molar-refractivity contribution in [3.05, 3.63) is 59.7 Å². The molecule has 3 rings (SSSR count). The van der Waals surface area contributed by atoms with Gasteiger partial charge in [-0.2, -0.15) is 0 Å². The van der Waals surface area contributed by atoms with Crippen molar-refractivity contribution in [2.75, 3.05) is 12.4 Å². The fourth-order valence-corrected chi connectivity index (χ4v) is 3.73. The number of ether oxygens (including phenoxy) is 1. The van der Waals surface area contributed by atoms with Crippen molar-refractivity contribution in [3.8, 4) is 5.75 Å². The molecule has 5 heteroatoms. The lowest BCUT2D eigenvalue weighted by Crippen LogP contribution is -2.38. The molecule has 0 aliphatic heterocycles. The number of amides is 1. The zero-order chi connectivity index (χ0) is 18.6. The Labute approximate surface area is 153 Å². The Morgan fingerprint density at radius 3 is 2.54 bits per heavy atom. The summed E-state index contributed by atoms with van der Waals surface area (Å²) in [5.74, 6) is -0.196. The molecule has 1 aliphatic rings. The van der Waals surface area contributed by atoms with Gasteiger partial charge in [-0.25, -0.2) is 0 Å². The molecule has 5 nitrogen and oxygen atoms in total. The van der Waals surface area contributed by atoms with Gasteiger partial charge in [0.1, 0.15) is 5.75 Å². The van der Waals surface area contributed by atoms with Gasteiger partial charge >= 0.3 is 5.97 Å². The molecule has 0 bridgehead atoms. The van der Waals surface area contributed by atoms with Gasteiger partial charge in [-0.15, -0.1) is 0 Å². The third-order valence-corrected chi connectivity index (χ3v) is 5.05. The maximum absolute atomic E-state index is 13.2. The minimum absolute atomic E-state index is 0.0456. The van der Waals surface area contributed by atoms with Gasteiger partial charge in [0.2, 0.25) is 5.91 Å². The summed E-state index contributed by atoms with van der Waals surface area (Å²) in [6, 6.07) is 14.7. The van der Waals surface area contributed by atoms with Crippen LogP contribution < -0.4 is 10.1 Å². The molecule has 0 atom stereocenters. The standard InChI is InChI=1S/C21H23NO4/c1-26-18-9-5-7-16(14-18)21(10-2-3-11-21)20(25)22-17-8-4-6-15(12-17)13-19(23)24/h4-9,12,14H,2-3,10-11,13H2,1H3,(H,22,25)(H,23,24). The number of hydrogen-bond acceptors (Lipinski definition) is 3. The molecule has 136 valence electrons. The first-order valence-corrected chi connectivity index (χ1v) is 8.80. The van der Waals surface area contributed by atoms with Crippen molar-refractivity contribution in [1.82, 2.24) is 0 Å². The van der Waals surface area contributed by atoms with Crippen LogP contribution in [0.1, 0.15) is 36.8 Å². The molecule has 0 spiro atoms. The van der Waals surface area contributed by atoms with E-state index in [1.165, 1.54) is 0 Å². The number of nitrogens with one attached hydrogen (secondary N) is 1. The van der Waals surface area contributed by atoms with Gasteiger partial charge in [0.25, 0.3) is 0 Å². The predicted molar refractivity (Wildman–Crippen MR) is 99.6 cm³/mol. The highest BCUT2D eigenvalue weighted by atomic mass is 16.5. The zero-order valence-corrected chi connectivity index (χ0v) is 14.8. The monoisotopic (exact) mass is 353 g/mol. The van der Waals surface area contributed by atoms with E-state index >= 15 is 0 Å². The van der Waals surface area contributed by atoms with Crippen molar-refractivity contribution in [1.29, 1.82) is 0 Å². The number of carbonyl (C=O) groups is 2. The minimum Gasteiger partial charge on any atom is -0.497 e. The first-order valence-electron chi connectivity index (χ1n) is 8.80. The van der Waals surface area contributed by atoms with Crippen LogP contribution in [0.15, 0.2) is 48.5 Å². The van der Waals surface area contributed by atoms with Gasteiger partial charge in [0.05, 0.1) is 18.9 Å². The van der Waals surface area contributed by atoms with E-state index in [4.69, 9.17) is 9.84 Å². The number of methoxy groups -OCH3 is 1. The Bertz CT molecular complexity index is 809. The highest BCUT2D eigenvalue weighted by Crippen LogP contribution is 2.43. The number of carboxylic acid groups (broad SMARTS) is 1. The molecule has 0 saturated heterocycles. The number of aliphatic carboxylic acids is 1. The largest absolute Gasteiger partial charge is 0.497 e. The van der Waals surface area contributed by atoms with Crippen molar-refractivity contribution < 1.29 is 19.4 Å². The van der Waals surface area contributed by atoms with Crippen molar-refractivity contribution in [2.45, 2.75) is 37.5 Å². The average Bonchev–Trinajstić information content (AvgIpc) is 3.13. The molecule has 26 heavy (non-hydrogen) atoms. The van der Waals surface area contributed by atoms with Crippen molar-refractivity contribution in [2.24, 2.45) is 0 Å². The highest BCUT2D eigenvalue weighted by molar-refractivity contribution is 5.99. The van der Waals surface area contributed by atoms with Crippen LogP contribution in [-0.2, 0) is 21.4 Å². The normalized spacial score (nSPS) is 15.4. The van der Waals surface area contributed by atoms with Crippen LogP contribution in [0, 0.1) is 0 Å². The summed E-state index contributed by atoms with van der Waals surface area (Å²) in [4.78, 5) is 24.1. The van der Waals surface area contributed by atoms with Crippen molar-refractivity contribution >= 4 is 17.6 Å². The number of carboxylic acids is 1. The summed E-state index contributed by atoms with van der Waals surface area (Å²) < 4.78 is 5.32. The van der Waals surface area contributed by atoms with Gasteiger partial charge in [-0.05, 0) is 48.2 Å². The van der Waals surface area contributed by atoms with E-state index in [1.54, 1.807) is 31.4 Å². The Hall–Kier alpha value is -2.82. The Morgan fingerprint density at radius 2 is 1.85 bits per heavy atom. The second-order valence-corrected chi connectivity index (χ2v) is 6.75. The van der Waals surface area contributed by atoms with Gasteiger partial charge in [0, 0.05) is 5.69 Å². The smallest absolute Gasteiger partial charge is 0.307 e. The summed E-state index contributed by atoms with van der Waals surface area (Å²) >= 11 is 0. The van der Waals surface area contributed by atoms with E-state index in [0.29, 0.717) is 11.3 Å². The van der Waals surface area contributed by atoms with Gasteiger partial charge < -0.3 is 15.2 Å². The fraction of sp³-hybridized carbons (Fsp3) is 0.333. The molecule has 1 amide bonds. The molecule has 0 radical (unpaired) electrons. The highest BCUT2D eigenvalue weighted by Gasteiger charge is 2.42. The number of benzene rings is 2. The summed E-state index contributed by atoms with van der Waals surface area (Å²) in [5, 5.41) is 12.0. The maximum Gasteiger partial charge on any atom is 0.307 e. The second kappa shape index (κ2) is 7.60. The Balaban J connectivity index is 1.87. The molecule has 1 fully saturated rings. The van der Waals surface area contributed by atoms with Crippen LogP contribution in [0.2, 0.25) is 0 Å². The molecule has 2 N–H and O–H groups in total. The van der Waals surface area contributed by atoms with Gasteiger partial charge in [-0.3, -0.25) is 9.59 Å². The molecule has 0 aromatic heterocycles. The van der Waals surface area contributed by atoms with E-state index < -0.39 is 11.4 Å². The molecule has 2 aromatic carbocycles. The number of hydrogen-bond donors (Lipinski definition) is 2. The molecular weight excluding hydrogens is 330 g/mol. The summed E-state index contributed by atoms with van der Waals surface area (Å²) in [6.45, 7) is 0. The molecule has 0 unspecified atom stereocenters. The van der Waals surface area contributed by atoms with E-state index in [9.17, 15) is 9.59 Å². The van der Waals surface area contributed by atoms with Crippen molar-refractivity contribution in [3.63, 3.8) is 0 Å². The van der Waals surface area contributed by atoms with E-state index in [-0.39, 0.29) is 12.3 Å². The summed E-state index contributed by atoms with van der Waals surface area (Å²) in [6.07, 6.45) is 3.53. The number of rotatable bonds is 6. The molecule has 1 aliphatic carbocycles. The molecule has 2 aromatic rings. The molecule has 0 heterocycles. The number of carbonyl (C=O) groups excluding carboxylic acids is 1. The maximum atomic E-state index is 13.2. The molecular formula is C21H23NO4. The predicted octanol–water partition coefficient (Wildman–Crippen LogP) is 3.77. The van der Waals surface area contributed by atoms with Crippen LogP contribution >= 0.6 is 0 Å². The third kappa shape index (κ3) is 3.72. The zero-order valence-electron chi connectivity index (χ0n) is 14.8. The summed E-state index contributed by atoms with van der Waals surface area (Å²) in [7, 11) is 1.62. The minimum atomic E-state index is -0.892. The second-order valence-electron chi connectivity index (χ2n) is 6.75. The molecule has 1 saturated carbocycles. The van der Waals surface area contributed by atoms with E-state index in [1.807, 2.05) is 24.3 Å². The van der Waals surface area contributed by atoms with Crippen LogP contribution in [0.5, 0.6) is 5.75 Å². The van der Waals surface area contributed by atoms with Gasteiger partial charge in [-0.1, -0.05) is 37.1 Å². The van der Waals surface area contributed by atoms with Crippen LogP contribution in [0.25, 0.3) is 0 Å². The third-order valence-electron chi connectivity index (χ3n) is 5.05. The first kappa shape index (κ1) is 18.0. The number of anilines is 1. The lowest BCUT2D eigenvalue weighted by atomic mass is 9.78. The van der Waals surface area contributed by atoms with Gasteiger partial charge in [0.15, 0.2) is 0 Å². The van der Waals surface area contributed by atoms with E-state index in [2.05, 4.69) is 5.32 Å². The average molecular weight is 353 g/mol. The SMILES string of the molecule is COc1cccc(C2(C(=O)Nc3cccc(CC(=O)O)c3)CCCC2)c1. The van der Waals surface area contributed by atoms with E-state index in [0.717, 1.165) is 37.0 Å². The first-order chi connectivity index (χ1) is 12.5. The van der Waals surface area contributed by atoms with Crippen LogP contribution in [-0.4, -0.2) is 24.1 Å². The van der Waals surface area contributed by atoms with Crippen LogP contribution in [0.4, 0.5) is 5.69 Å². The lowest BCUT2D eigenvalue weighted by Gasteiger charge is -2.28. The summed E-state index contributed by atoms with van der Waals surface area (Å²) in [5.41, 5.74) is 1.69. The van der Waals surface area contributed by atoms with Crippen LogP contribution in [0.3, 0.4) is 0 Å². The lowest BCUT2D eigenvalue weighted by molar-refractivity contribution is -0.136. The fourth-order valence-electron chi connectivity index (χ4n) is 3.73.